The smallest absolute Gasteiger partial charge is 0.225 e. The number of phenols is 2. The molecule has 0 saturated heterocycles. The molecule has 1 aliphatic heterocycles. The van der Waals surface area contributed by atoms with Crippen molar-refractivity contribution in [1.82, 2.24) is 10.1 Å². The average Bonchev–Trinajstić information content (AvgIpc) is 3.07. The van der Waals surface area contributed by atoms with Crippen molar-refractivity contribution >= 4 is 17.5 Å². The second kappa shape index (κ2) is 7.05. The van der Waals surface area contributed by atoms with Crippen LogP contribution in [0.3, 0.4) is 0 Å². The third-order valence-electron chi connectivity index (χ3n) is 5.50. The van der Waals surface area contributed by atoms with Gasteiger partial charge in [0.15, 0.2) is 5.76 Å². The molecule has 1 aromatic heterocycles. The Hall–Kier alpha value is -2.25. The van der Waals surface area contributed by atoms with E-state index in [1.54, 1.807) is 4.90 Å². The number of aliphatic hydroxyl groups excluding tert-OH is 1. The highest BCUT2D eigenvalue weighted by molar-refractivity contribution is 6.32. The highest BCUT2D eigenvalue weighted by Crippen LogP contribution is 2.40. The van der Waals surface area contributed by atoms with Crippen LogP contribution in [0.5, 0.6) is 11.5 Å². The van der Waals surface area contributed by atoms with E-state index in [1.807, 2.05) is 0 Å². The molecule has 0 radical (unpaired) electrons. The number of fused-ring (bicyclic) bond motifs is 1. The van der Waals surface area contributed by atoms with Gasteiger partial charge in [0.2, 0.25) is 5.91 Å². The summed E-state index contributed by atoms with van der Waals surface area (Å²) < 4.78 is 5.45. The monoisotopic (exact) mass is 392 g/mol. The highest BCUT2D eigenvalue weighted by atomic mass is 35.5. The van der Waals surface area contributed by atoms with Crippen LogP contribution in [0.2, 0.25) is 5.02 Å². The van der Waals surface area contributed by atoms with Crippen molar-refractivity contribution < 1.29 is 24.6 Å². The van der Waals surface area contributed by atoms with Crippen molar-refractivity contribution in [1.29, 1.82) is 0 Å². The van der Waals surface area contributed by atoms with E-state index in [1.165, 1.54) is 6.07 Å². The molecule has 2 aliphatic rings. The lowest BCUT2D eigenvalue weighted by molar-refractivity contribution is -0.138. The molecule has 3 N–H and O–H groups in total. The van der Waals surface area contributed by atoms with E-state index in [4.69, 9.17) is 16.1 Å². The Morgan fingerprint density at radius 2 is 1.93 bits per heavy atom. The van der Waals surface area contributed by atoms with E-state index in [0.29, 0.717) is 56.5 Å². The lowest BCUT2D eigenvalue weighted by atomic mass is 9.86. The summed E-state index contributed by atoms with van der Waals surface area (Å²) in [5.74, 6) is 0.00608. The fourth-order valence-corrected chi connectivity index (χ4v) is 4.09. The van der Waals surface area contributed by atoms with Crippen LogP contribution < -0.4 is 0 Å². The summed E-state index contributed by atoms with van der Waals surface area (Å²) in [5.41, 5.74) is 1.85. The minimum absolute atomic E-state index is 0.0604. The Kier molecular flexibility index (Phi) is 4.74. The van der Waals surface area contributed by atoms with Crippen molar-refractivity contribution in [3.05, 3.63) is 28.4 Å². The lowest BCUT2D eigenvalue weighted by Crippen LogP contribution is -2.41. The molecule has 1 fully saturated rings. The summed E-state index contributed by atoms with van der Waals surface area (Å²) in [6, 6.07) is 2.59. The summed E-state index contributed by atoms with van der Waals surface area (Å²) in [6.07, 6.45) is 3.00. The molecule has 27 heavy (non-hydrogen) atoms. The van der Waals surface area contributed by atoms with E-state index in [-0.39, 0.29) is 34.5 Å². The fourth-order valence-electron chi connectivity index (χ4n) is 3.93. The minimum Gasteiger partial charge on any atom is -0.507 e. The molecule has 1 aliphatic carbocycles. The van der Waals surface area contributed by atoms with Gasteiger partial charge in [0.25, 0.3) is 0 Å². The van der Waals surface area contributed by atoms with Crippen LogP contribution >= 0.6 is 11.6 Å². The van der Waals surface area contributed by atoms with Crippen LogP contribution in [0.25, 0.3) is 11.3 Å². The predicted molar refractivity (Wildman–Crippen MR) is 97.4 cm³/mol. The zero-order valence-corrected chi connectivity index (χ0v) is 15.4. The standard InChI is InChI=1S/C19H21ClN2O5/c20-14-7-12(16(24)8-17(14)25)18-13-9-22(6-5-15(13)21-27-18)19(26)10-1-3-11(23)4-2-10/h7-8,10-11,23-25H,1-6,9H2. The predicted octanol–water partition coefficient (Wildman–Crippen LogP) is 2.84. The number of carbonyl (C=O) groups excluding carboxylic acids is 1. The summed E-state index contributed by atoms with van der Waals surface area (Å²) in [6.45, 7) is 0.920. The number of rotatable bonds is 2. The molecular formula is C19H21ClN2O5. The molecule has 4 rings (SSSR count). The van der Waals surface area contributed by atoms with Gasteiger partial charge >= 0.3 is 0 Å². The summed E-state index contributed by atoms with van der Waals surface area (Å²) in [4.78, 5) is 14.7. The molecule has 0 unspecified atom stereocenters. The fraction of sp³-hybridized carbons (Fsp3) is 0.474. The van der Waals surface area contributed by atoms with E-state index in [2.05, 4.69) is 5.16 Å². The molecule has 0 atom stereocenters. The van der Waals surface area contributed by atoms with Gasteiger partial charge in [-0.1, -0.05) is 16.8 Å². The number of aromatic hydroxyl groups is 2. The van der Waals surface area contributed by atoms with E-state index < -0.39 is 0 Å². The number of aliphatic hydroxyl groups is 1. The van der Waals surface area contributed by atoms with Crippen LogP contribution in [-0.4, -0.2) is 43.9 Å². The Labute approximate surface area is 161 Å². The second-order valence-electron chi connectivity index (χ2n) is 7.27. The van der Waals surface area contributed by atoms with Gasteiger partial charge in [-0.05, 0) is 31.7 Å². The van der Waals surface area contributed by atoms with Crippen molar-refractivity contribution in [2.45, 2.75) is 44.8 Å². The first-order valence-corrected chi connectivity index (χ1v) is 9.48. The van der Waals surface area contributed by atoms with Crippen molar-refractivity contribution in [2.24, 2.45) is 5.92 Å². The van der Waals surface area contributed by atoms with Gasteiger partial charge in [-0.3, -0.25) is 4.79 Å². The maximum absolute atomic E-state index is 12.9. The first kappa shape index (κ1) is 18.1. The number of carbonyl (C=O) groups is 1. The van der Waals surface area contributed by atoms with Crippen LogP contribution in [0.4, 0.5) is 0 Å². The molecule has 8 heteroatoms. The van der Waals surface area contributed by atoms with Gasteiger partial charge in [0.05, 0.1) is 28.9 Å². The molecule has 144 valence electrons. The van der Waals surface area contributed by atoms with Gasteiger partial charge < -0.3 is 24.7 Å². The van der Waals surface area contributed by atoms with Crippen molar-refractivity contribution in [2.75, 3.05) is 6.54 Å². The molecule has 2 heterocycles. The number of phenolic OH excluding ortho intramolecular Hbond substituents is 2. The zero-order valence-electron chi connectivity index (χ0n) is 14.7. The molecule has 1 amide bonds. The summed E-state index contributed by atoms with van der Waals surface area (Å²) >= 11 is 5.97. The average molecular weight is 393 g/mol. The third-order valence-corrected chi connectivity index (χ3v) is 5.81. The van der Waals surface area contributed by atoms with E-state index in [0.717, 1.165) is 17.3 Å². The Morgan fingerprint density at radius 3 is 2.67 bits per heavy atom. The minimum atomic E-state index is -0.297. The molecule has 7 nitrogen and oxygen atoms in total. The van der Waals surface area contributed by atoms with Crippen LogP contribution in [-0.2, 0) is 17.8 Å². The number of aromatic nitrogens is 1. The molecule has 1 aromatic carbocycles. The number of hydrogen-bond acceptors (Lipinski definition) is 6. The molecule has 1 saturated carbocycles. The lowest BCUT2D eigenvalue weighted by Gasteiger charge is -2.32. The maximum Gasteiger partial charge on any atom is 0.225 e. The summed E-state index contributed by atoms with van der Waals surface area (Å²) in [5, 5.41) is 33.6. The molecular weight excluding hydrogens is 372 g/mol. The first-order chi connectivity index (χ1) is 12.9. The second-order valence-corrected chi connectivity index (χ2v) is 7.68. The zero-order chi connectivity index (χ0) is 19.1. The number of hydrogen-bond donors (Lipinski definition) is 3. The van der Waals surface area contributed by atoms with Gasteiger partial charge in [-0.15, -0.1) is 0 Å². The van der Waals surface area contributed by atoms with Gasteiger partial charge in [-0.25, -0.2) is 0 Å². The number of halogens is 1. The summed E-state index contributed by atoms with van der Waals surface area (Å²) in [7, 11) is 0. The van der Waals surface area contributed by atoms with Crippen molar-refractivity contribution in [3.63, 3.8) is 0 Å². The molecule has 0 bridgehead atoms. The van der Waals surface area contributed by atoms with Gasteiger partial charge in [0.1, 0.15) is 11.5 Å². The van der Waals surface area contributed by atoms with Gasteiger partial charge in [0, 0.05) is 30.5 Å². The van der Waals surface area contributed by atoms with Crippen LogP contribution in [0.1, 0.15) is 36.9 Å². The Balaban J connectivity index is 1.59. The third kappa shape index (κ3) is 3.37. The van der Waals surface area contributed by atoms with Crippen LogP contribution in [0, 0.1) is 5.92 Å². The maximum atomic E-state index is 12.9. The van der Waals surface area contributed by atoms with Crippen LogP contribution in [0.15, 0.2) is 16.7 Å². The Morgan fingerprint density at radius 1 is 1.19 bits per heavy atom. The van der Waals surface area contributed by atoms with Gasteiger partial charge in [-0.2, -0.15) is 0 Å². The Bertz CT molecular complexity index is 873. The van der Waals surface area contributed by atoms with Crippen molar-refractivity contribution in [3.8, 4) is 22.8 Å². The first-order valence-electron chi connectivity index (χ1n) is 9.10. The number of amides is 1. The number of nitrogens with zero attached hydrogens (tertiary/aromatic N) is 2. The quantitative estimate of drug-likeness (QED) is 0.725. The SMILES string of the molecule is O=C(C1CCC(O)CC1)N1CCc2noc(-c3cc(Cl)c(O)cc3O)c2C1. The molecule has 0 spiro atoms. The van der Waals surface area contributed by atoms with E-state index in [9.17, 15) is 20.1 Å². The largest absolute Gasteiger partial charge is 0.507 e. The highest BCUT2D eigenvalue weighted by Gasteiger charge is 2.33. The topological polar surface area (TPSA) is 107 Å². The normalized spacial score (nSPS) is 22.5. The molecule has 2 aromatic rings. The van der Waals surface area contributed by atoms with E-state index >= 15 is 0 Å². The number of benzene rings is 1.